The zero-order valence-corrected chi connectivity index (χ0v) is 9.56. The monoisotopic (exact) mass is 209 g/mol. The molecule has 1 atom stereocenters. The normalized spacial score (nSPS) is 33.3. The van der Waals surface area contributed by atoms with Crippen molar-refractivity contribution < 1.29 is 5.11 Å². The minimum atomic E-state index is -0.901. The second-order valence-corrected chi connectivity index (χ2v) is 4.80. The van der Waals surface area contributed by atoms with Crippen LogP contribution in [0.1, 0.15) is 20.8 Å². The van der Waals surface area contributed by atoms with Crippen LogP contribution in [0.4, 0.5) is 0 Å². The van der Waals surface area contributed by atoms with E-state index in [2.05, 4.69) is 11.6 Å². The Labute approximate surface area is 89.1 Å². The van der Waals surface area contributed by atoms with E-state index >= 15 is 0 Å². The van der Waals surface area contributed by atoms with Gasteiger partial charge in [0.2, 0.25) is 0 Å². The van der Waals surface area contributed by atoms with E-state index in [9.17, 15) is 5.11 Å². The van der Waals surface area contributed by atoms with Crippen LogP contribution >= 0.6 is 11.8 Å². The third kappa shape index (κ3) is 2.16. The highest BCUT2D eigenvalue weighted by Crippen LogP contribution is 2.40. The molecule has 0 spiro atoms. The Kier molecular flexibility index (Phi) is 3.34. The van der Waals surface area contributed by atoms with Crippen LogP contribution in [-0.2, 0) is 0 Å². The molecule has 0 saturated carbocycles. The van der Waals surface area contributed by atoms with Crippen LogP contribution in [0.3, 0.4) is 0 Å². The van der Waals surface area contributed by atoms with Crippen molar-refractivity contribution in [3.63, 3.8) is 0 Å². The predicted octanol–water partition coefficient (Wildman–Crippen LogP) is 2.88. The van der Waals surface area contributed by atoms with Gasteiger partial charge < -0.3 is 5.11 Å². The first-order chi connectivity index (χ1) is 6.51. The van der Waals surface area contributed by atoms with Gasteiger partial charge in [0.25, 0.3) is 0 Å². The molecule has 1 aliphatic heterocycles. The van der Waals surface area contributed by atoms with E-state index in [4.69, 9.17) is 0 Å². The Hall–Kier alpha value is -0.800. The maximum absolute atomic E-state index is 10.2. The van der Waals surface area contributed by atoms with E-state index in [-0.39, 0.29) is 0 Å². The summed E-state index contributed by atoms with van der Waals surface area (Å²) in [6, 6.07) is 0. The zero-order valence-electron chi connectivity index (χ0n) is 8.74. The number of hydrogen-bond donors (Lipinski definition) is 1. The summed E-state index contributed by atoms with van der Waals surface area (Å²) in [7, 11) is 0. The summed E-state index contributed by atoms with van der Waals surface area (Å²) in [5.74, 6) is 0. The van der Waals surface area contributed by atoms with Crippen molar-refractivity contribution >= 4 is 16.8 Å². The van der Waals surface area contributed by atoms with E-state index in [1.165, 1.54) is 11.8 Å². The summed E-state index contributed by atoms with van der Waals surface area (Å²) < 4.78 is 0. The molecule has 0 aromatic carbocycles. The summed E-state index contributed by atoms with van der Waals surface area (Å²) in [6.45, 7) is 9.22. The summed E-state index contributed by atoms with van der Waals surface area (Å²) >= 11 is 1.36. The maximum atomic E-state index is 10.2. The Balaban J connectivity index is 3.24. The van der Waals surface area contributed by atoms with Gasteiger partial charge in [-0.05, 0) is 20.8 Å². The van der Waals surface area contributed by atoms with Crippen molar-refractivity contribution in [2.45, 2.75) is 25.7 Å². The molecule has 1 unspecified atom stereocenters. The van der Waals surface area contributed by atoms with Gasteiger partial charge >= 0.3 is 0 Å². The fourth-order valence-electron chi connectivity index (χ4n) is 1.41. The molecule has 0 bridgehead atoms. The minimum Gasteiger partial charge on any atom is -0.375 e. The second-order valence-electron chi connectivity index (χ2n) is 3.21. The Morgan fingerprint density at radius 2 is 2.21 bits per heavy atom. The molecular weight excluding hydrogens is 194 g/mol. The largest absolute Gasteiger partial charge is 0.375 e. The molecule has 1 rings (SSSR count). The molecule has 0 fully saturated rings. The van der Waals surface area contributed by atoms with Gasteiger partial charge in [0.15, 0.2) is 0 Å². The SMILES string of the molecule is C=CC=C1/C(=C\C)N=C(C)SC1(C)O. The van der Waals surface area contributed by atoms with Gasteiger partial charge in [0.05, 0.1) is 10.7 Å². The molecule has 0 aromatic rings. The summed E-state index contributed by atoms with van der Waals surface area (Å²) in [5, 5.41) is 11.0. The first-order valence-electron chi connectivity index (χ1n) is 4.48. The highest BCUT2D eigenvalue weighted by atomic mass is 32.2. The van der Waals surface area contributed by atoms with Crippen molar-refractivity contribution in [2.24, 2.45) is 4.99 Å². The van der Waals surface area contributed by atoms with Crippen molar-refractivity contribution in [1.29, 1.82) is 0 Å². The number of rotatable bonds is 1. The molecule has 0 aliphatic carbocycles. The highest BCUT2D eigenvalue weighted by Gasteiger charge is 2.33. The summed E-state index contributed by atoms with van der Waals surface area (Å²) in [5.41, 5.74) is 1.64. The standard InChI is InChI=1S/C11H15NOS/c1-5-7-9-10(6-2)12-8(3)14-11(9,4)13/h5-7,13H,1H2,2-4H3/b9-7?,10-6+. The van der Waals surface area contributed by atoms with Crippen LogP contribution in [-0.4, -0.2) is 15.1 Å². The number of nitrogens with zero attached hydrogens (tertiary/aromatic N) is 1. The third-order valence-electron chi connectivity index (χ3n) is 1.96. The van der Waals surface area contributed by atoms with Crippen molar-refractivity contribution in [3.05, 3.63) is 36.1 Å². The number of thioether (sulfide) groups is 1. The van der Waals surface area contributed by atoms with Crippen LogP contribution in [0.15, 0.2) is 41.1 Å². The van der Waals surface area contributed by atoms with Gasteiger partial charge in [0.1, 0.15) is 4.93 Å². The number of allylic oxidation sites excluding steroid dienone is 3. The van der Waals surface area contributed by atoms with Gasteiger partial charge in [-0.1, -0.05) is 36.6 Å². The lowest BCUT2D eigenvalue weighted by Crippen LogP contribution is -2.28. The van der Waals surface area contributed by atoms with E-state index in [1.54, 1.807) is 19.1 Å². The fourth-order valence-corrected chi connectivity index (χ4v) is 2.41. The van der Waals surface area contributed by atoms with Crippen LogP contribution in [0.5, 0.6) is 0 Å². The lowest BCUT2D eigenvalue weighted by atomic mass is 10.1. The van der Waals surface area contributed by atoms with Gasteiger partial charge in [-0.3, -0.25) is 0 Å². The van der Waals surface area contributed by atoms with Gasteiger partial charge in [-0.2, -0.15) is 0 Å². The predicted molar refractivity (Wildman–Crippen MR) is 63.4 cm³/mol. The molecule has 1 N–H and O–H groups in total. The van der Waals surface area contributed by atoms with Crippen LogP contribution in [0.25, 0.3) is 0 Å². The molecule has 0 amide bonds. The first kappa shape index (κ1) is 11.3. The van der Waals surface area contributed by atoms with Gasteiger partial charge in [-0.25, -0.2) is 4.99 Å². The first-order valence-corrected chi connectivity index (χ1v) is 5.29. The third-order valence-corrected chi connectivity index (χ3v) is 2.96. The molecule has 3 heteroatoms. The smallest absolute Gasteiger partial charge is 0.140 e. The second kappa shape index (κ2) is 4.15. The Bertz CT molecular complexity index is 337. The lowest BCUT2D eigenvalue weighted by molar-refractivity contribution is 0.198. The highest BCUT2D eigenvalue weighted by molar-refractivity contribution is 8.15. The Morgan fingerprint density at radius 3 is 2.71 bits per heavy atom. The topological polar surface area (TPSA) is 32.6 Å². The molecule has 0 saturated heterocycles. The molecule has 1 aliphatic rings. The quantitative estimate of drug-likeness (QED) is 0.720. The maximum Gasteiger partial charge on any atom is 0.140 e. The van der Waals surface area contributed by atoms with Gasteiger partial charge in [0, 0.05) is 5.57 Å². The van der Waals surface area contributed by atoms with E-state index < -0.39 is 4.93 Å². The molecule has 0 radical (unpaired) electrons. The van der Waals surface area contributed by atoms with Crippen molar-refractivity contribution in [1.82, 2.24) is 0 Å². The molecular formula is C11H15NOS. The number of hydrogen-bond acceptors (Lipinski definition) is 3. The molecule has 14 heavy (non-hydrogen) atoms. The lowest BCUT2D eigenvalue weighted by Gasteiger charge is -2.30. The fraction of sp³-hybridized carbons (Fsp3) is 0.364. The van der Waals surface area contributed by atoms with Crippen LogP contribution in [0, 0.1) is 0 Å². The van der Waals surface area contributed by atoms with Crippen molar-refractivity contribution in [3.8, 4) is 0 Å². The van der Waals surface area contributed by atoms with Crippen LogP contribution in [0.2, 0.25) is 0 Å². The minimum absolute atomic E-state index is 0.811. The Morgan fingerprint density at radius 1 is 1.57 bits per heavy atom. The summed E-state index contributed by atoms with van der Waals surface area (Å²) in [6.07, 6.45) is 5.37. The van der Waals surface area contributed by atoms with Crippen molar-refractivity contribution in [2.75, 3.05) is 0 Å². The van der Waals surface area contributed by atoms with E-state index in [1.807, 2.05) is 19.9 Å². The summed E-state index contributed by atoms with van der Waals surface area (Å²) in [4.78, 5) is 3.46. The number of aliphatic imine (C=N–C) groups is 1. The molecule has 2 nitrogen and oxygen atoms in total. The molecule has 0 aromatic heterocycles. The average Bonchev–Trinajstić information content (AvgIpc) is 2.08. The van der Waals surface area contributed by atoms with Crippen LogP contribution < -0.4 is 0 Å². The average molecular weight is 209 g/mol. The molecule has 76 valence electrons. The number of aliphatic hydroxyl groups is 1. The van der Waals surface area contributed by atoms with E-state index in [0.717, 1.165) is 16.3 Å². The van der Waals surface area contributed by atoms with E-state index in [0.29, 0.717) is 0 Å². The van der Waals surface area contributed by atoms with Gasteiger partial charge in [-0.15, -0.1) is 0 Å². The zero-order chi connectivity index (χ0) is 10.8. The molecule has 1 heterocycles.